The molecule has 15 aromatic rings. The molecule has 9 heteroatoms. The standard InChI is InChI=1S/3C24H24N.2C12H10N.C11H8N.3Ir/c3*1-18-17-25-24(22-10-6-3-7-11-22)16-23(18)21-14-12-20(13-15-21)19-8-4-2-5-9-19;1-10-5-7-11(8-6-10)12-4-2-3-9-13-12;1-10-7-8-12(13-9-10)11-5-3-2-4-6-11;1-2-6-10(7-3-1)11-8-4-5-9-12-11;;;/h3*2-10,16-17,20-21H,12-15H2,1H3;2-7,9H,1H3;2-5,7-9H,1H3;1-6,8-9H;;;/q6*-1;;;/i3*1D3,20D,21D;2*1D3;;;;. The second kappa shape index (κ2) is 46.5. The zero-order valence-corrected chi connectivity index (χ0v) is 71.1. The topological polar surface area (TPSA) is 77.3 Å². The number of hydrogen-bond acceptors (Lipinski definition) is 6. The fraction of sp³-hybridized carbons (Fsp3) is 0.215. The fourth-order valence-electron chi connectivity index (χ4n) is 13.9. The molecule has 3 aliphatic rings. The van der Waals surface area contributed by atoms with Crippen LogP contribution >= 0.6 is 0 Å². The maximum Gasteiger partial charge on any atom is 0.0352 e. The first-order valence-corrected chi connectivity index (χ1v) is 38.1. The van der Waals surface area contributed by atoms with Gasteiger partial charge in [-0.1, -0.05) is 152 Å². The number of aromatic nitrogens is 6. The Balaban J connectivity index is 0.000000174. The van der Waals surface area contributed by atoms with Crippen LogP contribution in [0.2, 0.25) is 0 Å². The number of aryl methyl sites for hydroxylation is 5. The van der Waals surface area contributed by atoms with Crippen LogP contribution in [-0.2, 0) is 60.3 Å². The van der Waals surface area contributed by atoms with E-state index in [2.05, 4.69) is 66.3 Å². The molecule has 0 spiro atoms. The van der Waals surface area contributed by atoms with Gasteiger partial charge in [0.1, 0.15) is 0 Å². The molecule has 6 nitrogen and oxygen atoms in total. The van der Waals surface area contributed by atoms with Crippen molar-refractivity contribution in [2.45, 2.75) is 147 Å². The third-order valence-electron chi connectivity index (χ3n) is 19.9. The van der Waals surface area contributed by atoms with Crippen molar-refractivity contribution in [2.24, 2.45) is 0 Å². The average molecular weight is 2070 g/mol. The van der Waals surface area contributed by atoms with E-state index in [4.69, 9.17) is 24.7 Å². The Hall–Kier alpha value is -10.2. The summed E-state index contributed by atoms with van der Waals surface area (Å²) in [5.41, 5.74) is 14.7. The number of rotatable bonds is 12. The Morgan fingerprint density at radius 2 is 0.534 bits per heavy atom. The van der Waals surface area contributed by atoms with Crippen LogP contribution in [0.4, 0.5) is 0 Å². The van der Waals surface area contributed by atoms with E-state index >= 15 is 0 Å². The molecule has 0 amide bonds. The molecule has 0 aliphatic heterocycles. The summed E-state index contributed by atoms with van der Waals surface area (Å²) in [7, 11) is 0. The number of nitrogens with zero attached hydrogens (tertiary/aromatic N) is 6. The summed E-state index contributed by atoms with van der Waals surface area (Å²) in [6, 6.07) is 110. The smallest absolute Gasteiger partial charge is 0.0352 e. The Morgan fingerprint density at radius 3 is 0.802 bits per heavy atom. The molecular formula is C107H100Ir3N6-6. The summed E-state index contributed by atoms with van der Waals surface area (Å²) in [6.07, 6.45) is 14.7. The van der Waals surface area contributed by atoms with E-state index in [0.717, 1.165) is 67.2 Å². The van der Waals surface area contributed by atoms with Crippen molar-refractivity contribution in [3.63, 3.8) is 0 Å². The molecule has 0 bridgehead atoms. The predicted molar refractivity (Wildman–Crippen MR) is 466 cm³/mol. The molecule has 0 N–H and O–H groups in total. The van der Waals surface area contributed by atoms with Crippen molar-refractivity contribution in [3.05, 3.63) is 432 Å². The summed E-state index contributed by atoms with van der Waals surface area (Å²) in [6.45, 7) is -11.2. The van der Waals surface area contributed by atoms with Crippen LogP contribution in [0.1, 0.15) is 202 Å². The molecule has 6 heterocycles. The molecule has 3 saturated carbocycles. The molecule has 3 fully saturated rings. The second-order valence-corrected chi connectivity index (χ2v) is 27.3. The van der Waals surface area contributed by atoms with Gasteiger partial charge < -0.3 is 29.9 Å². The van der Waals surface area contributed by atoms with Crippen molar-refractivity contribution in [1.29, 1.82) is 0 Å². The summed E-state index contributed by atoms with van der Waals surface area (Å²) >= 11 is 0. The third-order valence-corrected chi connectivity index (χ3v) is 19.9. The predicted octanol–water partition coefficient (Wildman–Crippen LogP) is 27.2. The Kier molecular flexibility index (Phi) is 25.3. The monoisotopic (exact) mass is 2070 g/mol. The van der Waals surface area contributed by atoms with Crippen LogP contribution < -0.4 is 0 Å². The molecule has 0 atom stereocenters. The summed E-state index contributed by atoms with van der Waals surface area (Å²) in [4.78, 5) is 25.6. The third kappa shape index (κ3) is 25.7. The Labute approximate surface area is 760 Å². The summed E-state index contributed by atoms with van der Waals surface area (Å²) in [5.74, 6) is -5.40. The van der Waals surface area contributed by atoms with Crippen LogP contribution in [0.5, 0.6) is 0 Å². The van der Waals surface area contributed by atoms with Crippen LogP contribution in [0.25, 0.3) is 67.5 Å². The molecule has 116 heavy (non-hydrogen) atoms. The van der Waals surface area contributed by atoms with Crippen LogP contribution in [-0.4, -0.2) is 29.9 Å². The maximum absolute atomic E-state index is 9.21. The van der Waals surface area contributed by atoms with E-state index in [1.165, 1.54) is 30.9 Å². The van der Waals surface area contributed by atoms with Gasteiger partial charge in [-0.3, -0.25) is 0 Å². The van der Waals surface area contributed by atoms with E-state index in [9.17, 15) is 4.11 Å². The number of benzene rings is 9. The maximum atomic E-state index is 9.21. The van der Waals surface area contributed by atoms with E-state index < -0.39 is 69.6 Å². The Bertz CT molecular complexity index is 5700. The zero-order chi connectivity index (χ0) is 95.6. The SMILES string of the molecule is [2H]C([2H])([2H])c1c[c-]c(-c2ccccn2)cc1.[2H]C([2H])([2H])c1ccc(-c2[c-]cccc2)nc1.[2H]C([2H])([2H])c1cnc(-c2[c-]cccc2)cc1C1([2H])CCC([2H])(c2ccccc2)CC1.[2H]C([2H])([2H])c1cnc(-c2[c-]cccc2)cc1C1([2H])CCC([2H])(c2ccccc2)CC1.[2H]C([2H])([2H])c1cnc(-c2[c-]cccc2)cc1C1([2H])CCC([2H])(c2ccccc2)CC1.[Ir].[Ir].[Ir].[c-]1ccccc1-c1ccccn1. The first-order valence-electron chi connectivity index (χ1n) is 48.6. The molecular weight excluding hydrogens is 1950 g/mol. The summed E-state index contributed by atoms with van der Waals surface area (Å²) < 4.78 is 170. The van der Waals surface area contributed by atoms with Gasteiger partial charge in [-0.15, -0.1) is 215 Å². The van der Waals surface area contributed by atoms with E-state index in [0.29, 0.717) is 116 Å². The minimum absolute atomic E-state index is 0. The van der Waals surface area contributed by atoms with Gasteiger partial charge in [0.2, 0.25) is 0 Å². The van der Waals surface area contributed by atoms with Gasteiger partial charge in [0.05, 0.1) is 0 Å². The zero-order valence-electron chi connectivity index (χ0n) is 84.9. The molecule has 18 rings (SSSR count). The number of hydrogen-bond donors (Lipinski definition) is 0. The van der Waals surface area contributed by atoms with Gasteiger partial charge in [0.25, 0.3) is 0 Å². The molecule has 591 valence electrons. The normalized spacial score (nSPS) is 23.4. The van der Waals surface area contributed by atoms with E-state index in [1.54, 1.807) is 79.1 Å². The van der Waals surface area contributed by atoms with Crippen molar-refractivity contribution in [1.82, 2.24) is 29.9 Å². The van der Waals surface area contributed by atoms with Crippen LogP contribution in [0.15, 0.2) is 334 Å². The minimum Gasteiger partial charge on any atom is -0.305 e. The minimum atomic E-state index is -2.34. The van der Waals surface area contributed by atoms with E-state index in [1.807, 2.05) is 224 Å². The van der Waals surface area contributed by atoms with Gasteiger partial charge in [-0.2, -0.15) is 0 Å². The van der Waals surface area contributed by atoms with Crippen LogP contribution in [0.3, 0.4) is 0 Å². The van der Waals surface area contributed by atoms with Crippen LogP contribution in [0, 0.1) is 70.7 Å². The van der Waals surface area contributed by atoms with Gasteiger partial charge in [-0.25, -0.2) is 0 Å². The molecule has 6 aromatic heterocycles. The molecule has 0 saturated heterocycles. The van der Waals surface area contributed by atoms with Gasteiger partial charge >= 0.3 is 0 Å². The average Bonchev–Trinajstić information content (AvgIpc) is 0.758. The van der Waals surface area contributed by atoms with E-state index in [-0.39, 0.29) is 82.6 Å². The molecule has 0 unspecified atom stereocenters. The first-order chi connectivity index (χ1) is 63.7. The van der Waals surface area contributed by atoms with Crippen molar-refractivity contribution >= 4 is 0 Å². The molecule has 9 aromatic carbocycles. The van der Waals surface area contributed by atoms with Crippen molar-refractivity contribution in [2.75, 3.05) is 0 Å². The fourth-order valence-corrected chi connectivity index (χ4v) is 13.9. The van der Waals surface area contributed by atoms with Crippen molar-refractivity contribution < 1.29 is 89.1 Å². The Morgan fingerprint density at radius 1 is 0.250 bits per heavy atom. The van der Waals surface area contributed by atoms with Crippen molar-refractivity contribution in [3.8, 4) is 67.5 Å². The summed E-state index contributed by atoms with van der Waals surface area (Å²) in [5, 5.41) is 0. The number of pyridine rings is 6. The van der Waals surface area contributed by atoms with Gasteiger partial charge in [0, 0.05) is 126 Å². The first kappa shape index (κ1) is 63.0. The largest absolute Gasteiger partial charge is 0.305 e. The molecule has 3 radical (unpaired) electrons. The van der Waals surface area contributed by atoms with Gasteiger partial charge in [-0.05, 0) is 242 Å². The molecule has 3 aliphatic carbocycles. The van der Waals surface area contributed by atoms with Gasteiger partial charge in [0.15, 0.2) is 0 Å². The quantitative estimate of drug-likeness (QED) is 0.113. The second-order valence-electron chi connectivity index (χ2n) is 27.3.